The van der Waals surface area contributed by atoms with E-state index in [0.717, 1.165) is 37.1 Å². The van der Waals surface area contributed by atoms with Gasteiger partial charge in [0.2, 0.25) is 0 Å². The highest BCUT2D eigenvalue weighted by molar-refractivity contribution is 6.45. The van der Waals surface area contributed by atoms with Crippen LogP contribution in [0.1, 0.15) is 44.7 Å². The number of piperidine rings is 1. The smallest absolute Gasteiger partial charge is 0.282 e. The van der Waals surface area contributed by atoms with Crippen LogP contribution in [-0.4, -0.2) is 43.0 Å². The highest BCUT2D eigenvalue weighted by Gasteiger charge is 2.43. The molecule has 0 spiro atoms. The van der Waals surface area contributed by atoms with Gasteiger partial charge in [0.05, 0.1) is 24.5 Å². The first-order chi connectivity index (χ1) is 15.9. The number of carbonyl (C=O) groups excluding carboxylic acids is 2. The van der Waals surface area contributed by atoms with E-state index < -0.39 is 0 Å². The fraction of sp³-hybridized carbons (Fsp3) is 0.407. The summed E-state index contributed by atoms with van der Waals surface area (Å²) in [4.78, 5) is 30.9. The fourth-order valence-electron chi connectivity index (χ4n) is 4.44. The van der Waals surface area contributed by atoms with Crippen molar-refractivity contribution in [3.63, 3.8) is 0 Å². The molecule has 6 nitrogen and oxygen atoms in total. The Bertz CT molecular complexity index is 1070. The number of benzene rings is 2. The zero-order valence-electron chi connectivity index (χ0n) is 19.9. The predicted molar refractivity (Wildman–Crippen MR) is 129 cm³/mol. The van der Waals surface area contributed by atoms with Gasteiger partial charge in [-0.15, -0.1) is 0 Å². The third kappa shape index (κ3) is 4.47. The molecule has 0 atom stereocenters. The molecule has 0 aromatic heterocycles. The Morgan fingerprint density at radius 3 is 2.15 bits per heavy atom. The maximum absolute atomic E-state index is 13.8. The number of hydrogen-bond acceptors (Lipinski definition) is 5. The molecule has 0 saturated carbocycles. The van der Waals surface area contributed by atoms with Gasteiger partial charge in [-0.05, 0) is 57.2 Å². The van der Waals surface area contributed by atoms with Gasteiger partial charge >= 0.3 is 0 Å². The number of carbonyl (C=O) groups is 2. The average Bonchev–Trinajstić information content (AvgIpc) is 3.06. The molecule has 1 saturated heterocycles. The maximum Gasteiger partial charge on any atom is 0.282 e. The maximum atomic E-state index is 13.8. The van der Waals surface area contributed by atoms with E-state index in [1.54, 1.807) is 18.2 Å². The third-order valence-corrected chi connectivity index (χ3v) is 6.28. The fourth-order valence-corrected chi connectivity index (χ4v) is 4.44. The van der Waals surface area contributed by atoms with Gasteiger partial charge < -0.3 is 14.4 Å². The molecule has 0 aliphatic carbocycles. The van der Waals surface area contributed by atoms with Crippen LogP contribution >= 0.6 is 0 Å². The summed E-state index contributed by atoms with van der Waals surface area (Å²) >= 11 is 0. The lowest BCUT2D eigenvalue weighted by Gasteiger charge is -2.32. The van der Waals surface area contributed by atoms with Gasteiger partial charge in [0.1, 0.15) is 5.70 Å². The minimum absolute atomic E-state index is 0.281. The van der Waals surface area contributed by atoms with Crippen molar-refractivity contribution in [2.24, 2.45) is 5.92 Å². The summed E-state index contributed by atoms with van der Waals surface area (Å²) in [6.45, 7) is 10.5. The Morgan fingerprint density at radius 2 is 1.52 bits per heavy atom. The Balaban J connectivity index is 1.77. The van der Waals surface area contributed by atoms with Crippen molar-refractivity contribution in [3.8, 4) is 11.5 Å². The number of aryl methyl sites for hydroxylation is 1. The molecule has 4 rings (SSSR count). The second-order valence-electron chi connectivity index (χ2n) is 8.70. The van der Waals surface area contributed by atoms with Gasteiger partial charge in [0.25, 0.3) is 11.8 Å². The van der Waals surface area contributed by atoms with Crippen LogP contribution in [0.15, 0.2) is 48.2 Å². The highest BCUT2D eigenvalue weighted by Crippen LogP contribution is 2.39. The van der Waals surface area contributed by atoms with E-state index in [4.69, 9.17) is 9.47 Å². The number of hydrogen-bond donors (Lipinski definition) is 0. The molecule has 2 aromatic carbocycles. The Kier molecular flexibility index (Phi) is 6.72. The van der Waals surface area contributed by atoms with Crippen LogP contribution in [0.4, 0.5) is 5.69 Å². The first-order valence-electron chi connectivity index (χ1n) is 11.8. The van der Waals surface area contributed by atoms with Crippen LogP contribution < -0.4 is 14.4 Å². The Labute approximate surface area is 195 Å². The second-order valence-corrected chi connectivity index (χ2v) is 8.70. The number of likely N-dealkylation sites (tertiary alicyclic amines) is 1. The van der Waals surface area contributed by atoms with Crippen molar-refractivity contribution in [1.29, 1.82) is 0 Å². The largest absolute Gasteiger partial charge is 0.490 e. The van der Waals surface area contributed by atoms with Crippen molar-refractivity contribution >= 4 is 23.1 Å². The van der Waals surface area contributed by atoms with Crippen LogP contribution in [0, 0.1) is 12.8 Å². The van der Waals surface area contributed by atoms with Gasteiger partial charge in [-0.25, -0.2) is 4.90 Å². The summed E-state index contributed by atoms with van der Waals surface area (Å²) in [5.74, 6) is 1.16. The molecule has 33 heavy (non-hydrogen) atoms. The SMILES string of the molecule is CCOc1ccc(N2C(=O)C(c3ccc(C)cc3)=C(N3CCC(C)CC3)C2=O)cc1OCC. The lowest BCUT2D eigenvalue weighted by molar-refractivity contribution is -0.120. The van der Waals surface area contributed by atoms with Crippen LogP contribution in [0.5, 0.6) is 11.5 Å². The molecular formula is C27H32N2O4. The van der Waals surface area contributed by atoms with Crippen LogP contribution in [0.25, 0.3) is 5.57 Å². The molecule has 0 N–H and O–H groups in total. The van der Waals surface area contributed by atoms with Crippen LogP contribution in [0.2, 0.25) is 0 Å². The van der Waals surface area contributed by atoms with E-state index in [9.17, 15) is 9.59 Å². The number of imide groups is 1. The first kappa shape index (κ1) is 22.9. The standard InChI is InChI=1S/C27H32N2O4/c1-5-32-22-12-11-21(17-23(22)33-6-2)29-26(30)24(20-9-7-18(3)8-10-20)25(27(29)31)28-15-13-19(4)14-16-28/h7-12,17,19H,5-6,13-16H2,1-4H3. The minimum atomic E-state index is -0.302. The molecule has 6 heteroatoms. The number of ether oxygens (including phenoxy) is 2. The summed E-state index contributed by atoms with van der Waals surface area (Å²) in [7, 11) is 0. The quantitative estimate of drug-likeness (QED) is 0.569. The molecule has 174 valence electrons. The molecular weight excluding hydrogens is 416 g/mol. The van der Waals surface area contributed by atoms with E-state index >= 15 is 0 Å². The number of nitrogens with zero attached hydrogens (tertiary/aromatic N) is 2. The zero-order valence-corrected chi connectivity index (χ0v) is 19.9. The van der Waals surface area contributed by atoms with Gasteiger partial charge in [-0.2, -0.15) is 0 Å². The van der Waals surface area contributed by atoms with Crippen molar-refractivity contribution in [2.45, 2.75) is 40.5 Å². The minimum Gasteiger partial charge on any atom is -0.490 e. The van der Waals surface area contributed by atoms with Gasteiger partial charge in [-0.3, -0.25) is 9.59 Å². The first-order valence-corrected chi connectivity index (χ1v) is 11.8. The summed E-state index contributed by atoms with van der Waals surface area (Å²) < 4.78 is 11.4. The zero-order chi connectivity index (χ0) is 23.5. The van der Waals surface area contributed by atoms with E-state index in [-0.39, 0.29) is 11.8 Å². The second kappa shape index (κ2) is 9.69. The lowest BCUT2D eigenvalue weighted by atomic mass is 9.97. The van der Waals surface area contributed by atoms with E-state index in [2.05, 4.69) is 11.8 Å². The summed E-state index contributed by atoms with van der Waals surface area (Å²) in [6.07, 6.45) is 2.01. The molecule has 1 fully saturated rings. The molecule has 0 bridgehead atoms. The molecule has 2 amide bonds. The van der Waals surface area contributed by atoms with Gasteiger partial charge in [0, 0.05) is 19.2 Å². The lowest BCUT2D eigenvalue weighted by Crippen LogP contribution is -2.38. The van der Waals surface area contributed by atoms with E-state index in [1.165, 1.54) is 4.90 Å². The van der Waals surface area contributed by atoms with Crippen LogP contribution in [0.3, 0.4) is 0 Å². The average molecular weight is 449 g/mol. The van der Waals surface area contributed by atoms with Gasteiger partial charge in [-0.1, -0.05) is 36.8 Å². The molecule has 2 aromatic rings. The van der Waals surface area contributed by atoms with Crippen molar-refractivity contribution in [2.75, 3.05) is 31.2 Å². The Morgan fingerprint density at radius 1 is 0.879 bits per heavy atom. The summed E-state index contributed by atoms with van der Waals surface area (Å²) in [6, 6.07) is 13.0. The normalized spacial score (nSPS) is 17.2. The number of amides is 2. The third-order valence-electron chi connectivity index (χ3n) is 6.28. The highest BCUT2D eigenvalue weighted by atomic mass is 16.5. The van der Waals surface area contributed by atoms with Crippen molar-refractivity contribution in [3.05, 3.63) is 59.3 Å². The van der Waals surface area contributed by atoms with Crippen molar-refractivity contribution < 1.29 is 19.1 Å². The number of rotatable bonds is 7. The predicted octanol–water partition coefficient (Wildman–Crippen LogP) is 4.81. The molecule has 0 unspecified atom stereocenters. The van der Waals surface area contributed by atoms with E-state index in [1.807, 2.05) is 45.0 Å². The topological polar surface area (TPSA) is 59.1 Å². The monoisotopic (exact) mass is 448 g/mol. The molecule has 2 aliphatic heterocycles. The Hall–Kier alpha value is -3.28. The summed E-state index contributed by atoms with van der Waals surface area (Å²) in [5, 5.41) is 0. The van der Waals surface area contributed by atoms with Crippen LogP contribution in [-0.2, 0) is 9.59 Å². The molecule has 2 heterocycles. The molecule has 0 radical (unpaired) electrons. The summed E-state index contributed by atoms with van der Waals surface area (Å²) in [5.41, 5.74) is 3.34. The van der Waals surface area contributed by atoms with Crippen molar-refractivity contribution in [1.82, 2.24) is 4.90 Å². The van der Waals surface area contributed by atoms with Gasteiger partial charge in [0.15, 0.2) is 11.5 Å². The number of anilines is 1. The van der Waals surface area contributed by atoms with E-state index in [0.29, 0.717) is 47.6 Å². The molecule has 2 aliphatic rings.